The lowest BCUT2D eigenvalue weighted by atomic mass is 10.1. The SMILES string of the molecule is CCc1cc(=O)oc2cc(Oc3ncnc4sccc34)ccc12. The van der Waals surface area contributed by atoms with Crippen molar-refractivity contribution >= 4 is 32.5 Å². The summed E-state index contributed by atoms with van der Waals surface area (Å²) in [5.74, 6) is 1.06. The van der Waals surface area contributed by atoms with Crippen LogP contribution in [0, 0.1) is 0 Å². The summed E-state index contributed by atoms with van der Waals surface area (Å²) in [6, 6.07) is 8.92. The second-order valence-electron chi connectivity index (χ2n) is 5.02. The van der Waals surface area contributed by atoms with Gasteiger partial charge >= 0.3 is 5.63 Å². The van der Waals surface area contributed by atoms with E-state index in [2.05, 4.69) is 9.97 Å². The highest BCUT2D eigenvalue weighted by molar-refractivity contribution is 7.16. The first-order valence-corrected chi connectivity index (χ1v) is 8.05. The van der Waals surface area contributed by atoms with Crippen LogP contribution in [0.4, 0.5) is 0 Å². The third kappa shape index (κ3) is 2.47. The van der Waals surface area contributed by atoms with E-state index in [1.165, 1.54) is 23.7 Å². The van der Waals surface area contributed by atoms with Crippen LogP contribution in [0.3, 0.4) is 0 Å². The fourth-order valence-corrected chi connectivity index (χ4v) is 3.25. The van der Waals surface area contributed by atoms with Crippen LogP contribution in [-0.4, -0.2) is 9.97 Å². The first kappa shape index (κ1) is 13.9. The minimum absolute atomic E-state index is 0.353. The van der Waals surface area contributed by atoms with Crippen LogP contribution in [0.2, 0.25) is 0 Å². The van der Waals surface area contributed by atoms with E-state index in [-0.39, 0.29) is 5.63 Å². The fourth-order valence-electron chi connectivity index (χ4n) is 2.53. The van der Waals surface area contributed by atoms with Crippen molar-refractivity contribution in [1.29, 1.82) is 0 Å². The molecule has 0 saturated heterocycles. The van der Waals surface area contributed by atoms with Gasteiger partial charge in [-0.3, -0.25) is 0 Å². The van der Waals surface area contributed by atoms with Crippen LogP contribution in [0.25, 0.3) is 21.2 Å². The summed E-state index contributed by atoms with van der Waals surface area (Å²) in [6.07, 6.45) is 2.24. The number of rotatable bonds is 3. The topological polar surface area (TPSA) is 65.2 Å². The van der Waals surface area contributed by atoms with E-state index in [4.69, 9.17) is 9.15 Å². The van der Waals surface area contributed by atoms with Gasteiger partial charge in [-0.15, -0.1) is 11.3 Å². The number of nitrogens with zero attached hydrogens (tertiary/aromatic N) is 2. The zero-order valence-corrected chi connectivity index (χ0v) is 13.1. The van der Waals surface area contributed by atoms with Gasteiger partial charge in [0.1, 0.15) is 22.5 Å². The lowest BCUT2D eigenvalue weighted by Crippen LogP contribution is -2.00. The van der Waals surface area contributed by atoms with Crippen LogP contribution < -0.4 is 10.4 Å². The van der Waals surface area contributed by atoms with Gasteiger partial charge in [0.05, 0.1) is 5.39 Å². The molecule has 0 spiro atoms. The Morgan fingerprint density at radius 1 is 1.17 bits per heavy atom. The minimum Gasteiger partial charge on any atom is -0.438 e. The number of aryl methyl sites for hydroxylation is 1. The maximum Gasteiger partial charge on any atom is 0.336 e. The van der Waals surface area contributed by atoms with Crippen LogP contribution in [0.5, 0.6) is 11.6 Å². The Morgan fingerprint density at radius 3 is 2.96 bits per heavy atom. The smallest absolute Gasteiger partial charge is 0.336 e. The second kappa shape index (κ2) is 5.48. The molecule has 0 aliphatic carbocycles. The number of benzene rings is 1. The first-order chi connectivity index (χ1) is 11.2. The molecule has 0 amide bonds. The van der Waals surface area contributed by atoms with Gasteiger partial charge in [0, 0.05) is 17.5 Å². The van der Waals surface area contributed by atoms with Crippen molar-refractivity contribution < 1.29 is 9.15 Å². The lowest BCUT2D eigenvalue weighted by molar-refractivity contribution is 0.466. The molecule has 23 heavy (non-hydrogen) atoms. The summed E-state index contributed by atoms with van der Waals surface area (Å²) < 4.78 is 11.2. The summed E-state index contributed by atoms with van der Waals surface area (Å²) >= 11 is 1.53. The number of fused-ring (bicyclic) bond motifs is 2. The highest BCUT2D eigenvalue weighted by Gasteiger charge is 2.10. The van der Waals surface area contributed by atoms with E-state index in [9.17, 15) is 4.79 Å². The van der Waals surface area contributed by atoms with E-state index in [1.807, 2.05) is 30.5 Å². The standard InChI is InChI=1S/C17H12N2O3S/c1-2-10-7-15(20)22-14-8-11(3-4-12(10)14)21-16-13-5-6-23-17(13)19-9-18-16/h3-9H,2H2,1H3. The maximum absolute atomic E-state index is 11.6. The van der Waals surface area contributed by atoms with Gasteiger partial charge in [-0.1, -0.05) is 6.92 Å². The van der Waals surface area contributed by atoms with Gasteiger partial charge in [0.15, 0.2) is 0 Å². The molecule has 114 valence electrons. The molecule has 0 bridgehead atoms. The zero-order valence-electron chi connectivity index (χ0n) is 12.3. The summed E-state index contributed by atoms with van der Waals surface area (Å²) in [4.78, 5) is 20.9. The molecule has 5 nitrogen and oxygen atoms in total. The minimum atomic E-state index is -0.353. The predicted molar refractivity (Wildman–Crippen MR) is 89.4 cm³/mol. The Balaban J connectivity index is 1.80. The third-order valence-electron chi connectivity index (χ3n) is 3.62. The first-order valence-electron chi connectivity index (χ1n) is 7.17. The molecule has 0 fully saturated rings. The number of ether oxygens (including phenoxy) is 1. The molecule has 4 rings (SSSR count). The van der Waals surface area contributed by atoms with Crippen molar-refractivity contribution in [3.05, 3.63) is 58.0 Å². The van der Waals surface area contributed by atoms with Gasteiger partial charge < -0.3 is 9.15 Å². The van der Waals surface area contributed by atoms with Crippen molar-refractivity contribution in [2.24, 2.45) is 0 Å². The molecule has 0 atom stereocenters. The molecule has 1 aromatic carbocycles. The number of hydrogen-bond acceptors (Lipinski definition) is 6. The monoisotopic (exact) mass is 324 g/mol. The van der Waals surface area contributed by atoms with Gasteiger partial charge in [-0.25, -0.2) is 14.8 Å². The lowest BCUT2D eigenvalue weighted by Gasteiger charge is -2.07. The summed E-state index contributed by atoms with van der Waals surface area (Å²) in [6.45, 7) is 2.01. The van der Waals surface area contributed by atoms with Gasteiger partial charge in [0.2, 0.25) is 5.88 Å². The Labute approximate surface area is 135 Å². The van der Waals surface area contributed by atoms with Crippen molar-refractivity contribution in [3.8, 4) is 11.6 Å². The summed E-state index contributed by atoms with van der Waals surface area (Å²) in [7, 11) is 0. The Morgan fingerprint density at radius 2 is 2.09 bits per heavy atom. The average molecular weight is 324 g/mol. The highest BCUT2D eigenvalue weighted by atomic mass is 32.1. The number of aromatic nitrogens is 2. The summed E-state index contributed by atoms with van der Waals surface area (Å²) in [5, 5.41) is 3.73. The van der Waals surface area contributed by atoms with Crippen LogP contribution in [-0.2, 0) is 6.42 Å². The van der Waals surface area contributed by atoms with Gasteiger partial charge in [0.25, 0.3) is 0 Å². The molecule has 0 unspecified atom stereocenters. The Hall–Kier alpha value is -2.73. The Bertz CT molecular complexity index is 1070. The van der Waals surface area contributed by atoms with Crippen LogP contribution in [0.1, 0.15) is 12.5 Å². The van der Waals surface area contributed by atoms with Crippen LogP contribution >= 0.6 is 11.3 Å². The van der Waals surface area contributed by atoms with E-state index in [0.717, 1.165) is 27.6 Å². The van der Waals surface area contributed by atoms with Crippen molar-refractivity contribution in [1.82, 2.24) is 9.97 Å². The largest absolute Gasteiger partial charge is 0.438 e. The van der Waals surface area contributed by atoms with E-state index in [0.29, 0.717) is 17.2 Å². The highest BCUT2D eigenvalue weighted by Crippen LogP contribution is 2.31. The molecule has 4 aromatic rings. The van der Waals surface area contributed by atoms with Crippen molar-refractivity contribution in [2.45, 2.75) is 13.3 Å². The molecular weight excluding hydrogens is 312 g/mol. The molecule has 0 aliphatic heterocycles. The molecule has 0 saturated carbocycles. The van der Waals surface area contributed by atoms with Crippen LogP contribution in [0.15, 0.2) is 51.3 Å². The molecular formula is C17H12N2O3S. The molecule has 6 heteroatoms. The average Bonchev–Trinajstić information content (AvgIpc) is 3.03. The van der Waals surface area contributed by atoms with E-state index >= 15 is 0 Å². The summed E-state index contributed by atoms with van der Waals surface area (Å²) in [5.41, 5.74) is 1.13. The normalized spacial score (nSPS) is 11.2. The molecule has 0 N–H and O–H groups in total. The molecule has 0 radical (unpaired) electrons. The zero-order chi connectivity index (χ0) is 15.8. The quantitative estimate of drug-likeness (QED) is 0.530. The fraction of sp³-hybridized carbons (Fsp3) is 0.118. The second-order valence-corrected chi connectivity index (χ2v) is 5.92. The predicted octanol–water partition coefficient (Wildman–Crippen LogP) is 4.15. The van der Waals surface area contributed by atoms with Crippen molar-refractivity contribution in [2.75, 3.05) is 0 Å². The molecule has 3 heterocycles. The third-order valence-corrected chi connectivity index (χ3v) is 4.44. The van der Waals surface area contributed by atoms with Gasteiger partial charge in [-0.05, 0) is 35.6 Å². The van der Waals surface area contributed by atoms with E-state index in [1.54, 1.807) is 6.07 Å². The Kier molecular flexibility index (Phi) is 3.31. The number of thiophene rings is 1. The van der Waals surface area contributed by atoms with Crippen molar-refractivity contribution in [3.63, 3.8) is 0 Å². The van der Waals surface area contributed by atoms with Gasteiger partial charge in [-0.2, -0.15) is 0 Å². The van der Waals surface area contributed by atoms with E-state index < -0.39 is 0 Å². The molecule has 3 aromatic heterocycles. The molecule has 0 aliphatic rings. The number of hydrogen-bond donors (Lipinski definition) is 0. The maximum atomic E-state index is 11.6.